The lowest BCUT2D eigenvalue weighted by molar-refractivity contribution is -0.149. The number of aromatic nitrogens is 2. The molecule has 4 rings (SSSR count). The van der Waals surface area contributed by atoms with Crippen LogP contribution in [0.1, 0.15) is 33.3 Å². The van der Waals surface area contributed by atoms with Gasteiger partial charge in [0.15, 0.2) is 0 Å². The topological polar surface area (TPSA) is 81.0 Å². The van der Waals surface area contributed by atoms with Gasteiger partial charge in [0.05, 0.1) is 21.8 Å². The zero-order valence-electron chi connectivity index (χ0n) is 14.3. The third-order valence-electron chi connectivity index (χ3n) is 4.38. The van der Waals surface area contributed by atoms with Crippen molar-refractivity contribution in [3.63, 3.8) is 0 Å². The van der Waals surface area contributed by atoms with Gasteiger partial charge in [-0.25, -0.2) is 9.78 Å². The molecule has 1 aromatic carbocycles. The predicted molar refractivity (Wildman–Crippen MR) is 96.4 cm³/mol. The number of hydrogen-bond acceptors (Lipinski definition) is 5. The van der Waals surface area contributed by atoms with Gasteiger partial charge in [0.1, 0.15) is 18.3 Å². The molecule has 0 fully saturated rings. The highest BCUT2D eigenvalue weighted by Crippen LogP contribution is 2.25. The number of nitrogens with zero attached hydrogens (tertiary/aromatic N) is 3. The molecule has 3 heterocycles. The maximum absolute atomic E-state index is 12.4. The molecule has 1 atom stereocenters. The van der Waals surface area contributed by atoms with Crippen molar-refractivity contribution in [3.05, 3.63) is 70.6 Å². The van der Waals surface area contributed by atoms with E-state index in [2.05, 4.69) is 4.98 Å². The number of benzene rings is 1. The summed E-state index contributed by atoms with van der Waals surface area (Å²) in [4.78, 5) is 42.5. The van der Waals surface area contributed by atoms with Crippen molar-refractivity contribution in [2.24, 2.45) is 0 Å². The summed E-state index contributed by atoms with van der Waals surface area (Å²) in [5, 5.41) is 0.558. The largest absolute Gasteiger partial charge is 0.458 e. The van der Waals surface area contributed by atoms with Gasteiger partial charge in [-0.2, -0.15) is 0 Å². The van der Waals surface area contributed by atoms with Gasteiger partial charge in [-0.05, 0) is 31.2 Å². The van der Waals surface area contributed by atoms with E-state index in [1.165, 1.54) is 6.92 Å². The molecule has 1 aliphatic rings. The van der Waals surface area contributed by atoms with Crippen LogP contribution in [0.2, 0.25) is 5.02 Å². The highest BCUT2D eigenvalue weighted by atomic mass is 35.5. The molecule has 27 heavy (non-hydrogen) atoms. The van der Waals surface area contributed by atoms with Crippen LogP contribution < -0.4 is 0 Å². The second kappa shape index (κ2) is 6.51. The number of amides is 2. The average Bonchev–Trinajstić information content (AvgIpc) is 3.18. The van der Waals surface area contributed by atoms with Gasteiger partial charge in [0.2, 0.25) is 0 Å². The lowest BCUT2D eigenvalue weighted by atomic mass is 10.1. The van der Waals surface area contributed by atoms with Crippen LogP contribution in [0.15, 0.2) is 48.8 Å². The maximum Gasteiger partial charge on any atom is 0.329 e. The summed E-state index contributed by atoms with van der Waals surface area (Å²) >= 11 is 5.93. The summed E-state index contributed by atoms with van der Waals surface area (Å²) in [5.74, 6) is -1.68. The van der Waals surface area contributed by atoms with Crippen LogP contribution in [0, 0.1) is 0 Å². The van der Waals surface area contributed by atoms with Gasteiger partial charge in [-0.3, -0.25) is 14.5 Å². The molecular formula is C19H14ClN3O4. The third-order valence-corrected chi connectivity index (χ3v) is 4.60. The minimum atomic E-state index is -1.04. The Morgan fingerprint density at radius 1 is 1.11 bits per heavy atom. The van der Waals surface area contributed by atoms with Crippen molar-refractivity contribution in [3.8, 4) is 0 Å². The smallest absolute Gasteiger partial charge is 0.329 e. The van der Waals surface area contributed by atoms with Gasteiger partial charge in [0, 0.05) is 12.4 Å². The Morgan fingerprint density at radius 3 is 2.44 bits per heavy atom. The highest BCUT2D eigenvalue weighted by Gasteiger charge is 2.41. The molecule has 7 nitrogen and oxygen atoms in total. The first-order valence-electron chi connectivity index (χ1n) is 8.22. The van der Waals surface area contributed by atoms with E-state index in [0.717, 1.165) is 4.90 Å². The van der Waals surface area contributed by atoms with Crippen LogP contribution in [0.5, 0.6) is 0 Å². The van der Waals surface area contributed by atoms with Crippen molar-refractivity contribution in [1.29, 1.82) is 0 Å². The maximum atomic E-state index is 12.4. The number of ether oxygens (including phenoxy) is 1. The molecule has 0 saturated carbocycles. The number of pyridine rings is 1. The SMILES string of the molecule is C[C@@H](C(=O)OCc1cn2cc(Cl)ccc2n1)N1C(=O)c2ccccc2C1=O. The molecule has 136 valence electrons. The van der Waals surface area contributed by atoms with Crippen LogP contribution in [0.3, 0.4) is 0 Å². The molecular weight excluding hydrogens is 370 g/mol. The second-order valence-corrected chi connectivity index (χ2v) is 6.59. The Kier molecular flexibility index (Phi) is 4.16. The standard InChI is InChI=1S/C19H14ClN3O4/c1-11(23-17(24)14-4-2-3-5-15(14)18(23)25)19(26)27-10-13-9-22-8-12(20)6-7-16(22)21-13/h2-9,11H,10H2,1H3/t11-/m0/s1. The van der Waals surface area contributed by atoms with E-state index in [4.69, 9.17) is 16.3 Å². The Hall–Kier alpha value is -3.19. The van der Waals surface area contributed by atoms with E-state index in [-0.39, 0.29) is 6.61 Å². The Labute approximate surface area is 159 Å². The van der Waals surface area contributed by atoms with Crippen LogP contribution in [-0.2, 0) is 16.1 Å². The summed E-state index contributed by atoms with van der Waals surface area (Å²) < 4.78 is 6.99. The zero-order chi connectivity index (χ0) is 19.1. The van der Waals surface area contributed by atoms with Crippen molar-refractivity contribution >= 4 is 35.0 Å². The minimum absolute atomic E-state index is 0.0777. The molecule has 0 unspecified atom stereocenters. The van der Waals surface area contributed by atoms with E-state index < -0.39 is 23.8 Å². The lowest BCUT2D eigenvalue weighted by Gasteiger charge is -2.20. The first kappa shape index (κ1) is 17.2. The Bertz CT molecular complexity index is 1060. The lowest BCUT2D eigenvalue weighted by Crippen LogP contribution is -2.43. The van der Waals surface area contributed by atoms with E-state index in [9.17, 15) is 14.4 Å². The number of carbonyl (C=O) groups is 3. The molecule has 2 aromatic heterocycles. The number of carbonyl (C=O) groups excluding carboxylic acids is 3. The van der Waals surface area contributed by atoms with Crippen molar-refractivity contribution in [1.82, 2.24) is 14.3 Å². The highest BCUT2D eigenvalue weighted by molar-refractivity contribution is 6.30. The molecule has 0 spiro atoms. The van der Waals surface area contributed by atoms with E-state index >= 15 is 0 Å². The predicted octanol–water partition coefficient (Wildman–Crippen LogP) is 2.72. The summed E-state index contributed by atoms with van der Waals surface area (Å²) in [5.41, 5.74) is 1.78. The number of imide groups is 1. The van der Waals surface area contributed by atoms with Crippen LogP contribution in [0.25, 0.3) is 5.65 Å². The number of rotatable bonds is 4. The fourth-order valence-electron chi connectivity index (χ4n) is 3.02. The second-order valence-electron chi connectivity index (χ2n) is 6.15. The molecule has 8 heteroatoms. The monoisotopic (exact) mass is 383 g/mol. The molecule has 0 saturated heterocycles. The van der Waals surface area contributed by atoms with Gasteiger partial charge in [0.25, 0.3) is 11.8 Å². The van der Waals surface area contributed by atoms with Crippen LogP contribution in [-0.4, -0.2) is 38.1 Å². The number of imidazole rings is 1. The molecule has 1 aliphatic heterocycles. The van der Waals surface area contributed by atoms with Crippen molar-refractivity contribution in [2.75, 3.05) is 0 Å². The quantitative estimate of drug-likeness (QED) is 0.511. The number of fused-ring (bicyclic) bond motifs is 2. The molecule has 0 aliphatic carbocycles. The molecule has 2 amide bonds. The van der Waals surface area contributed by atoms with E-state index in [1.807, 2.05) is 0 Å². The van der Waals surface area contributed by atoms with Gasteiger partial charge >= 0.3 is 5.97 Å². The summed E-state index contributed by atoms with van der Waals surface area (Å²) in [6.45, 7) is 1.39. The summed E-state index contributed by atoms with van der Waals surface area (Å²) in [7, 11) is 0. The third kappa shape index (κ3) is 2.96. The first-order valence-corrected chi connectivity index (χ1v) is 8.60. The molecule has 0 radical (unpaired) electrons. The fourth-order valence-corrected chi connectivity index (χ4v) is 3.19. The first-order chi connectivity index (χ1) is 13.0. The van der Waals surface area contributed by atoms with Crippen LogP contribution >= 0.6 is 11.6 Å². The number of halogens is 1. The number of hydrogen-bond donors (Lipinski definition) is 0. The zero-order valence-corrected chi connectivity index (χ0v) is 15.0. The molecule has 3 aromatic rings. The van der Waals surface area contributed by atoms with E-state index in [0.29, 0.717) is 27.5 Å². The van der Waals surface area contributed by atoms with Crippen LogP contribution in [0.4, 0.5) is 0 Å². The molecule has 0 N–H and O–H groups in total. The summed E-state index contributed by atoms with van der Waals surface area (Å²) in [6.07, 6.45) is 3.39. The fraction of sp³-hybridized carbons (Fsp3) is 0.158. The Morgan fingerprint density at radius 2 is 1.78 bits per heavy atom. The number of esters is 1. The Balaban J connectivity index is 1.46. The van der Waals surface area contributed by atoms with Gasteiger partial charge in [-0.1, -0.05) is 23.7 Å². The summed E-state index contributed by atoms with van der Waals surface area (Å²) in [6, 6.07) is 8.89. The normalized spacial score (nSPS) is 14.5. The van der Waals surface area contributed by atoms with Crippen molar-refractivity contribution < 1.29 is 19.1 Å². The molecule has 0 bridgehead atoms. The van der Waals surface area contributed by atoms with E-state index in [1.54, 1.807) is 53.2 Å². The average molecular weight is 384 g/mol. The minimum Gasteiger partial charge on any atom is -0.458 e. The van der Waals surface area contributed by atoms with Gasteiger partial charge in [-0.15, -0.1) is 0 Å². The van der Waals surface area contributed by atoms with Gasteiger partial charge < -0.3 is 9.14 Å². The van der Waals surface area contributed by atoms with Crippen molar-refractivity contribution in [2.45, 2.75) is 19.6 Å².